The first-order chi connectivity index (χ1) is 11.0. The maximum absolute atomic E-state index is 9.18. The minimum Gasteiger partial charge on any atom is -0.379 e. The highest BCUT2D eigenvalue weighted by Gasteiger charge is 2.05. The maximum Gasteiger partial charge on any atom is 0.121 e. The normalized spacial score (nSPS) is 12.0. The Bertz CT molecular complexity index is 811. The number of nitrogens with one attached hydrogen (secondary N) is 1. The predicted molar refractivity (Wildman–Crippen MR) is 103 cm³/mol. The Morgan fingerprint density at radius 1 is 1.04 bits per heavy atom. The smallest absolute Gasteiger partial charge is 0.121 e. The zero-order valence-corrected chi connectivity index (χ0v) is 14.9. The van der Waals surface area contributed by atoms with Gasteiger partial charge in [-0.3, -0.25) is 0 Å². The number of nitrogens with zero attached hydrogens (tertiary/aromatic N) is 1. The molecule has 0 aromatic heterocycles. The van der Waals surface area contributed by atoms with Gasteiger partial charge in [-0.25, -0.2) is 0 Å². The highest BCUT2D eigenvalue weighted by atomic mass is 31.0. The molecule has 1 unspecified atom stereocenters. The summed E-state index contributed by atoms with van der Waals surface area (Å²) in [6.45, 7) is 4.16. The van der Waals surface area contributed by atoms with Crippen molar-refractivity contribution in [2.75, 3.05) is 7.05 Å². The Morgan fingerprint density at radius 2 is 1.74 bits per heavy atom. The van der Waals surface area contributed by atoms with Crippen LogP contribution in [0, 0.1) is 25.2 Å². The van der Waals surface area contributed by atoms with Crippen molar-refractivity contribution in [3.05, 3.63) is 76.0 Å². The quantitative estimate of drug-likeness (QED) is 0.501. The summed E-state index contributed by atoms with van der Waals surface area (Å²) < 4.78 is 0. The molecule has 0 heterocycles. The molecule has 0 aliphatic heterocycles. The fraction of sp³-hybridized carbons (Fsp3) is 0.150. The van der Waals surface area contributed by atoms with Gasteiger partial charge in [-0.15, -0.1) is 9.24 Å². The predicted octanol–water partition coefficient (Wildman–Crippen LogP) is 4.76. The molecule has 0 bridgehead atoms. The van der Waals surface area contributed by atoms with Crippen LogP contribution in [0.5, 0.6) is 0 Å². The summed E-state index contributed by atoms with van der Waals surface area (Å²) in [5, 5.41) is 13.0. The third-order valence-electron chi connectivity index (χ3n) is 3.55. The standard InChI is InChI=1S/C20H21N2P/c1-14-5-4-6-16(9-14)7-8-17-10-15(2)11-18(12-17)20(23)19(13-21)22-3/h4-12,22H,23H2,1-3H3/b8-7+,20-19-. The molecule has 0 spiro atoms. The Morgan fingerprint density at radius 3 is 2.39 bits per heavy atom. The van der Waals surface area contributed by atoms with Crippen molar-refractivity contribution in [3.63, 3.8) is 0 Å². The maximum atomic E-state index is 9.18. The highest BCUT2D eigenvalue weighted by Crippen LogP contribution is 2.27. The molecule has 0 fully saturated rings. The fourth-order valence-corrected chi connectivity index (χ4v) is 2.80. The molecule has 2 aromatic carbocycles. The van der Waals surface area contributed by atoms with Crippen molar-refractivity contribution in [2.45, 2.75) is 13.8 Å². The van der Waals surface area contributed by atoms with Crippen LogP contribution in [0.1, 0.15) is 27.8 Å². The molecule has 23 heavy (non-hydrogen) atoms. The SMILES string of the molecule is CN/C(C#N)=C(\P)c1cc(C)cc(/C=C/c2cccc(C)c2)c1. The first kappa shape index (κ1) is 17.0. The largest absolute Gasteiger partial charge is 0.379 e. The van der Waals surface area contributed by atoms with E-state index in [4.69, 9.17) is 0 Å². The van der Waals surface area contributed by atoms with E-state index in [9.17, 15) is 5.26 Å². The van der Waals surface area contributed by atoms with Gasteiger partial charge in [-0.2, -0.15) is 5.26 Å². The summed E-state index contributed by atoms with van der Waals surface area (Å²) in [5.74, 6) is 0. The molecule has 2 rings (SSSR count). The third-order valence-corrected chi connectivity index (χ3v) is 4.17. The summed E-state index contributed by atoms with van der Waals surface area (Å²) in [5.41, 5.74) is 6.32. The van der Waals surface area contributed by atoms with Crippen molar-refractivity contribution in [1.82, 2.24) is 5.32 Å². The molecular formula is C20H21N2P. The van der Waals surface area contributed by atoms with Crippen LogP contribution in [-0.2, 0) is 0 Å². The molecule has 2 nitrogen and oxygen atoms in total. The average molecular weight is 320 g/mol. The molecule has 0 saturated carbocycles. The van der Waals surface area contributed by atoms with E-state index in [1.807, 2.05) is 0 Å². The zero-order chi connectivity index (χ0) is 16.8. The van der Waals surface area contributed by atoms with E-state index < -0.39 is 0 Å². The van der Waals surface area contributed by atoms with E-state index >= 15 is 0 Å². The number of aryl methyl sites for hydroxylation is 2. The van der Waals surface area contributed by atoms with E-state index in [0.29, 0.717) is 5.70 Å². The van der Waals surface area contributed by atoms with Crippen molar-refractivity contribution in [1.29, 1.82) is 5.26 Å². The summed E-state index contributed by atoms with van der Waals surface area (Å²) in [6.07, 6.45) is 4.22. The Kier molecular flexibility index (Phi) is 5.74. The first-order valence-corrected chi connectivity index (χ1v) is 8.05. The van der Waals surface area contributed by atoms with Crippen LogP contribution in [0.3, 0.4) is 0 Å². The molecule has 116 valence electrons. The van der Waals surface area contributed by atoms with Crippen LogP contribution in [0.4, 0.5) is 0 Å². The van der Waals surface area contributed by atoms with E-state index in [0.717, 1.165) is 16.4 Å². The number of hydrogen-bond donors (Lipinski definition) is 1. The monoisotopic (exact) mass is 320 g/mol. The molecule has 1 atom stereocenters. The van der Waals surface area contributed by atoms with Gasteiger partial charge in [0.05, 0.1) is 0 Å². The third kappa shape index (κ3) is 4.55. The molecular weight excluding hydrogens is 299 g/mol. The number of rotatable bonds is 4. The number of benzene rings is 2. The molecule has 0 amide bonds. The minimum atomic E-state index is 0.564. The lowest BCUT2D eigenvalue weighted by Gasteiger charge is -2.08. The van der Waals surface area contributed by atoms with Gasteiger partial charge in [0.25, 0.3) is 0 Å². The van der Waals surface area contributed by atoms with Crippen LogP contribution in [-0.4, -0.2) is 7.05 Å². The van der Waals surface area contributed by atoms with E-state index in [1.165, 1.54) is 16.7 Å². The van der Waals surface area contributed by atoms with Gasteiger partial charge in [-0.05, 0) is 42.2 Å². The number of allylic oxidation sites excluding steroid dienone is 1. The van der Waals surface area contributed by atoms with Gasteiger partial charge < -0.3 is 5.32 Å². The van der Waals surface area contributed by atoms with Gasteiger partial charge in [0.15, 0.2) is 0 Å². The highest BCUT2D eigenvalue weighted by molar-refractivity contribution is 7.31. The molecule has 0 saturated heterocycles. The van der Waals surface area contributed by atoms with Crippen molar-refractivity contribution in [2.24, 2.45) is 0 Å². The van der Waals surface area contributed by atoms with E-state index in [1.54, 1.807) is 7.05 Å². The van der Waals surface area contributed by atoms with Crippen LogP contribution in [0.25, 0.3) is 17.5 Å². The van der Waals surface area contributed by atoms with Crippen molar-refractivity contribution in [3.8, 4) is 6.07 Å². The topological polar surface area (TPSA) is 35.8 Å². The van der Waals surface area contributed by atoms with Gasteiger partial charge in [0, 0.05) is 12.4 Å². The summed E-state index contributed by atoms with van der Waals surface area (Å²) in [7, 11) is 4.42. The van der Waals surface area contributed by atoms with Gasteiger partial charge in [0.1, 0.15) is 11.8 Å². The lowest BCUT2D eigenvalue weighted by Crippen LogP contribution is -2.04. The lowest BCUT2D eigenvalue weighted by molar-refractivity contribution is 1.05. The van der Waals surface area contributed by atoms with E-state index in [-0.39, 0.29) is 0 Å². The summed E-state index contributed by atoms with van der Waals surface area (Å²) in [6, 6.07) is 16.9. The Labute approximate surface area is 140 Å². The second kappa shape index (κ2) is 7.77. The lowest BCUT2D eigenvalue weighted by atomic mass is 10.0. The fourth-order valence-electron chi connectivity index (χ4n) is 2.43. The van der Waals surface area contributed by atoms with Crippen LogP contribution >= 0.6 is 9.24 Å². The molecule has 1 N–H and O–H groups in total. The zero-order valence-electron chi connectivity index (χ0n) is 13.7. The second-order valence-corrected chi connectivity index (χ2v) is 6.11. The average Bonchev–Trinajstić information content (AvgIpc) is 2.53. The van der Waals surface area contributed by atoms with E-state index in [2.05, 4.69) is 89.1 Å². The van der Waals surface area contributed by atoms with Crippen molar-refractivity contribution >= 4 is 26.7 Å². The Hall–Kier alpha value is -2.36. The van der Waals surface area contributed by atoms with Crippen molar-refractivity contribution < 1.29 is 0 Å². The molecule has 0 aliphatic carbocycles. The first-order valence-electron chi connectivity index (χ1n) is 7.48. The summed E-state index contributed by atoms with van der Waals surface area (Å²) >= 11 is 0. The van der Waals surface area contributed by atoms with Gasteiger partial charge in [0.2, 0.25) is 0 Å². The van der Waals surface area contributed by atoms with Crippen LogP contribution in [0.2, 0.25) is 0 Å². The second-order valence-electron chi connectivity index (χ2n) is 5.53. The molecule has 0 aliphatic rings. The molecule has 3 heteroatoms. The Balaban J connectivity index is 2.38. The van der Waals surface area contributed by atoms with Crippen LogP contribution in [0.15, 0.2) is 48.2 Å². The molecule has 2 aromatic rings. The summed E-state index contributed by atoms with van der Waals surface area (Å²) in [4.78, 5) is 0. The van der Waals surface area contributed by atoms with Gasteiger partial charge in [-0.1, -0.05) is 54.1 Å². The number of hydrogen-bond acceptors (Lipinski definition) is 2. The minimum absolute atomic E-state index is 0.564. The van der Waals surface area contributed by atoms with Gasteiger partial charge >= 0.3 is 0 Å². The number of nitriles is 1. The molecule has 0 radical (unpaired) electrons. The van der Waals surface area contributed by atoms with Crippen LogP contribution < -0.4 is 5.32 Å².